The fraction of sp³-hybridized carbons (Fsp3) is 0.889. The molecule has 0 spiro atoms. The topological polar surface area (TPSA) is 83.8 Å². The Labute approximate surface area is 142 Å². The molecule has 0 aromatic heterocycles. The Bertz CT molecular complexity index is 351. The third-order valence-corrected chi connectivity index (χ3v) is 1.65. The molecule has 0 rings (SSSR count). The molecule has 0 fully saturated rings. The fourth-order valence-corrected chi connectivity index (χ4v) is 0.431. The van der Waals surface area contributed by atoms with Crippen LogP contribution in [0.15, 0.2) is 0 Å². The molecule has 0 aromatic carbocycles. The van der Waals surface area contributed by atoms with Gasteiger partial charge in [-0.2, -0.15) is 0 Å². The average molecular weight is 334 g/mol. The van der Waals surface area contributed by atoms with Crippen LogP contribution in [0.2, 0.25) is 0 Å². The van der Waals surface area contributed by atoms with Gasteiger partial charge in [-0.25, -0.2) is 0 Å². The van der Waals surface area contributed by atoms with Crippen LogP contribution in [0.25, 0.3) is 0 Å². The van der Waals surface area contributed by atoms with Gasteiger partial charge in [0.1, 0.15) is 5.60 Å². The zero-order valence-electron chi connectivity index (χ0n) is 17.1. The van der Waals surface area contributed by atoms with Gasteiger partial charge in [-0.1, -0.05) is 0 Å². The summed E-state index contributed by atoms with van der Waals surface area (Å²) in [6.07, 6.45) is 0. The summed E-state index contributed by atoms with van der Waals surface area (Å²) in [4.78, 5) is 21.3. The van der Waals surface area contributed by atoms with Crippen molar-refractivity contribution < 1.29 is 24.5 Å². The van der Waals surface area contributed by atoms with Gasteiger partial charge in [0, 0.05) is 0 Å². The second-order valence-electron chi connectivity index (χ2n) is 9.48. The van der Waals surface area contributed by atoms with Crippen LogP contribution in [0.5, 0.6) is 0 Å². The molecule has 0 bridgehead atoms. The van der Waals surface area contributed by atoms with Gasteiger partial charge in [0.05, 0.1) is 16.4 Å². The van der Waals surface area contributed by atoms with Crippen molar-refractivity contribution in [3.63, 3.8) is 0 Å². The summed E-state index contributed by atoms with van der Waals surface area (Å²) in [5.41, 5.74) is -1.85. The second-order valence-corrected chi connectivity index (χ2v) is 9.48. The minimum Gasteiger partial charge on any atom is -0.481 e. The molecule has 0 radical (unpaired) electrons. The molecule has 0 saturated heterocycles. The van der Waals surface area contributed by atoms with Crippen molar-refractivity contribution in [2.45, 2.75) is 94.3 Å². The van der Waals surface area contributed by atoms with Crippen LogP contribution in [0, 0.1) is 10.8 Å². The van der Waals surface area contributed by atoms with Gasteiger partial charge in [0.15, 0.2) is 0 Å². The first-order chi connectivity index (χ1) is 9.57. The monoisotopic (exact) mass is 334 g/mol. The van der Waals surface area contributed by atoms with Crippen LogP contribution in [-0.2, 0) is 14.3 Å². The Morgan fingerprint density at radius 2 is 0.913 bits per heavy atom. The summed E-state index contributed by atoms with van der Waals surface area (Å²) in [5.74, 6) is -0.905. The van der Waals surface area contributed by atoms with E-state index in [1.54, 1.807) is 41.5 Å². The minimum absolute atomic E-state index is 0.148. The molecule has 2 N–H and O–H groups in total. The molecule has 0 aliphatic rings. The fourth-order valence-electron chi connectivity index (χ4n) is 0.431. The van der Waals surface area contributed by atoms with E-state index >= 15 is 0 Å². The number of ether oxygens (including phenoxy) is 1. The molecule has 0 atom stereocenters. The van der Waals surface area contributed by atoms with Crippen LogP contribution < -0.4 is 0 Å². The lowest BCUT2D eigenvalue weighted by molar-refractivity contribution is -0.164. The predicted molar refractivity (Wildman–Crippen MR) is 94.4 cm³/mol. The third kappa shape index (κ3) is 29.5. The highest BCUT2D eigenvalue weighted by atomic mass is 16.6. The second kappa shape index (κ2) is 9.26. The number of hydrogen-bond donors (Lipinski definition) is 2. The van der Waals surface area contributed by atoms with E-state index in [2.05, 4.69) is 0 Å². The first-order valence-electron chi connectivity index (χ1n) is 7.76. The maximum absolute atomic E-state index is 11.3. The van der Waals surface area contributed by atoms with E-state index in [0.29, 0.717) is 0 Å². The smallest absolute Gasteiger partial charge is 0.311 e. The summed E-state index contributed by atoms with van der Waals surface area (Å²) in [5, 5.41) is 16.8. The van der Waals surface area contributed by atoms with Crippen LogP contribution in [0.1, 0.15) is 83.1 Å². The molecule has 5 heteroatoms. The Kier molecular flexibility index (Phi) is 10.8. The largest absolute Gasteiger partial charge is 0.481 e. The number of carboxylic acids is 1. The van der Waals surface area contributed by atoms with Crippen LogP contribution in [-0.4, -0.2) is 33.4 Å². The Morgan fingerprint density at radius 3 is 0.957 bits per heavy atom. The van der Waals surface area contributed by atoms with E-state index in [9.17, 15) is 9.59 Å². The Morgan fingerprint density at radius 1 is 0.696 bits per heavy atom. The lowest BCUT2D eigenvalue weighted by Gasteiger charge is -2.25. The van der Waals surface area contributed by atoms with E-state index in [4.69, 9.17) is 14.9 Å². The molecule has 0 aromatic rings. The maximum Gasteiger partial charge on any atom is 0.311 e. The number of carbonyl (C=O) groups excluding carboxylic acids is 1. The number of carboxylic acid groups (broad SMARTS) is 1. The number of aliphatic carboxylic acids is 1. The molecular formula is C18H38O5. The van der Waals surface area contributed by atoms with Gasteiger partial charge in [0.25, 0.3) is 0 Å². The van der Waals surface area contributed by atoms with E-state index in [0.717, 1.165) is 0 Å². The normalized spacial score (nSPS) is 12.2. The highest BCUT2D eigenvalue weighted by Gasteiger charge is 2.27. The molecule has 0 unspecified atom stereocenters. The van der Waals surface area contributed by atoms with Crippen molar-refractivity contribution in [1.82, 2.24) is 0 Å². The van der Waals surface area contributed by atoms with Crippen molar-refractivity contribution in [1.29, 1.82) is 0 Å². The van der Waals surface area contributed by atoms with E-state index in [1.807, 2.05) is 41.5 Å². The van der Waals surface area contributed by atoms with Gasteiger partial charge >= 0.3 is 11.9 Å². The van der Waals surface area contributed by atoms with Crippen LogP contribution in [0.3, 0.4) is 0 Å². The molecular weight excluding hydrogens is 296 g/mol. The molecule has 0 aliphatic carbocycles. The highest BCUT2D eigenvalue weighted by Crippen LogP contribution is 2.19. The summed E-state index contributed by atoms with van der Waals surface area (Å²) >= 11 is 0. The molecule has 0 amide bonds. The van der Waals surface area contributed by atoms with Crippen molar-refractivity contribution in [3.05, 3.63) is 0 Å². The van der Waals surface area contributed by atoms with Crippen LogP contribution in [0.4, 0.5) is 0 Å². The highest BCUT2D eigenvalue weighted by molar-refractivity contribution is 5.75. The molecule has 23 heavy (non-hydrogen) atoms. The summed E-state index contributed by atoms with van der Waals surface area (Å²) in [6.45, 7) is 21.4. The average Bonchev–Trinajstić information content (AvgIpc) is 2.09. The lowest BCUT2D eigenvalue weighted by atomic mass is 9.97. The van der Waals surface area contributed by atoms with E-state index in [1.165, 1.54) is 0 Å². The van der Waals surface area contributed by atoms with Gasteiger partial charge in [-0.15, -0.1) is 0 Å². The Hall–Kier alpha value is -1.10. The van der Waals surface area contributed by atoms with Crippen molar-refractivity contribution in [3.8, 4) is 0 Å². The van der Waals surface area contributed by atoms with Gasteiger partial charge < -0.3 is 14.9 Å². The number of hydrogen-bond acceptors (Lipinski definition) is 4. The number of rotatable bonds is 0. The summed E-state index contributed by atoms with van der Waals surface area (Å²) in [6, 6.07) is 0. The standard InChI is InChI=1S/C9H18O2.C5H10O2.C4H10O/c1-8(2,3)7(10)11-9(4,5)6;1-5(2,3)4(6)7;1-4(2,3)5/h1-6H3;1-3H3,(H,6,7);5H,1-3H3. The molecule has 5 nitrogen and oxygen atoms in total. The zero-order chi connectivity index (χ0) is 19.9. The number of aliphatic hydroxyl groups is 1. The lowest BCUT2D eigenvalue weighted by Crippen LogP contribution is -2.31. The Balaban J connectivity index is -0.000000286. The SMILES string of the molecule is CC(C)(C)C(=O)O.CC(C)(C)O.CC(C)(C)OC(=O)C(C)(C)C. The van der Waals surface area contributed by atoms with E-state index < -0.39 is 22.4 Å². The molecule has 0 saturated carbocycles. The molecule has 0 heterocycles. The number of esters is 1. The first kappa shape index (κ1) is 26.8. The van der Waals surface area contributed by atoms with Gasteiger partial charge in [-0.3, -0.25) is 9.59 Å². The van der Waals surface area contributed by atoms with E-state index in [-0.39, 0.29) is 11.6 Å². The van der Waals surface area contributed by atoms with Crippen molar-refractivity contribution >= 4 is 11.9 Å². The molecule has 0 aliphatic heterocycles. The van der Waals surface area contributed by atoms with Crippen LogP contribution >= 0.6 is 0 Å². The quantitative estimate of drug-likeness (QED) is 0.646. The third-order valence-electron chi connectivity index (χ3n) is 1.65. The predicted octanol–water partition coefficient (Wildman–Crippen LogP) is 4.27. The number of carbonyl (C=O) groups is 2. The van der Waals surface area contributed by atoms with Gasteiger partial charge in [0.2, 0.25) is 0 Å². The van der Waals surface area contributed by atoms with Gasteiger partial charge in [-0.05, 0) is 83.1 Å². The molecule has 140 valence electrons. The minimum atomic E-state index is -0.757. The maximum atomic E-state index is 11.3. The van der Waals surface area contributed by atoms with Crippen molar-refractivity contribution in [2.75, 3.05) is 0 Å². The summed E-state index contributed by atoms with van der Waals surface area (Å²) in [7, 11) is 0. The first-order valence-corrected chi connectivity index (χ1v) is 7.76. The zero-order valence-corrected chi connectivity index (χ0v) is 17.1. The van der Waals surface area contributed by atoms with Crippen molar-refractivity contribution in [2.24, 2.45) is 10.8 Å². The summed E-state index contributed by atoms with van der Waals surface area (Å²) < 4.78 is 5.16.